The highest BCUT2D eigenvalue weighted by molar-refractivity contribution is 6.36. The average Bonchev–Trinajstić information content (AvgIpc) is 2.92. The molecule has 4 rings (SSSR count). The molecule has 1 aromatic heterocycles. The van der Waals surface area contributed by atoms with Crippen molar-refractivity contribution in [3.05, 3.63) is 76.8 Å². The van der Waals surface area contributed by atoms with E-state index < -0.39 is 0 Å². The molecule has 0 bridgehead atoms. The van der Waals surface area contributed by atoms with Crippen LogP contribution in [0.4, 0.5) is 0 Å². The Kier molecular flexibility index (Phi) is 2.82. The molecular formula is C16H11ClN4. The van der Waals surface area contributed by atoms with E-state index in [4.69, 9.17) is 16.6 Å². The lowest BCUT2D eigenvalue weighted by Gasteiger charge is -2.12. The van der Waals surface area contributed by atoms with E-state index in [9.17, 15) is 0 Å². The third kappa shape index (κ3) is 1.96. The molecule has 0 radical (unpaired) electrons. The molecule has 1 aliphatic heterocycles. The lowest BCUT2D eigenvalue weighted by atomic mass is 10.0. The molecule has 2 heterocycles. The molecule has 0 N–H and O–H groups in total. The normalized spacial score (nSPS) is 13.1. The fraction of sp³-hybridized carbons (Fsp3) is 0.0625. The summed E-state index contributed by atoms with van der Waals surface area (Å²) >= 11 is 6.46. The maximum absolute atomic E-state index is 6.46. The highest BCUT2D eigenvalue weighted by Crippen LogP contribution is 2.29. The Labute approximate surface area is 126 Å². The van der Waals surface area contributed by atoms with Gasteiger partial charge in [0.15, 0.2) is 5.82 Å². The van der Waals surface area contributed by atoms with Crippen molar-refractivity contribution in [1.29, 1.82) is 0 Å². The number of hydrogen-bond acceptors (Lipinski definition) is 3. The first kappa shape index (κ1) is 12.3. The van der Waals surface area contributed by atoms with Crippen LogP contribution >= 0.6 is 11.6 Å². The first-order valence-corrected chi connectivity index (χ1v) is 7.00. The van der Waals surface area contributed by atoms with E-state index in [0.29, 0.717) is 11.6 Å². The zero-order chi connectivity index (χ0) is 14.2. The van der Waals surface area contributed by atoms with Crippen molar-refractivity contribution >= 4 is 17.3 Å². The van der Waals surface area contributed by atoms with Crippen molar-refractivity contribution in [2.75, 3.05) is 0 Å². The second-order valence-corrected chi connectivity index (χ2v) is 5.19. The molecule has 0 saturated heterocycles. The number of hydrogen-bond donors (Lipinski definition) is 0. The summed E-state index contributed by atoms with van der Waals surface area (Å²) in [6, 6.07) is 15.9. The van der Waals surface area contributed by atoms with Crippen LogP contribution in [0, 0.1) is 0 Å². The predicted octanol–water partition coefficient (Wildman–Crippen LogP) is 3.27. The molecule has 0 unspecified atom stereocenters. The van der Waals surface area contributed by atoms with Gasteiger partial charge in [-0.1, -0.05) is 48.0 Å². The summed E-state index contributed by atoms with van der Waals surface area (Å²) in [5, 5.41) is 8.79. The van der Waals surface area contributed by atoms with Gasteiger partial charge in [0.2, 0.25) is 0 Å². The lowest BCUT2D eigenvalue weighted by molar-refractivity contribution is 0.870. The monoisotopic (exact) mass is 294 g/mol. The molecule has 2 aromatic carbocycles. The Morgan fingerprint density at radius 3 is 2.71 bits per heavy atom. The molecule has 0 amide bonds. The number of rotatable bonds is 1. The second kappa shape index (κ2) is 4.82. The molecular weight excluding hydrogens is 284 g/mol. The van der Waals surface area contributed by atoms with Crippen LogP contribution in [0.15, 0.2) is 59.9 Å². The highest BCUT2D eigenvalue weighted by atomic mass is 35.5. The molecule has 0 spiro atoms. The van der Waals surface area contributed by atoms with Gasteiger partial charge in [0.25, 0.3) is 0 Å². The minimum atomic E-state index is 0.481. The molecule has 0 atom stereocenters. The molecule has 0 saturated carbocycles. The van der Waals surface area contributed by atoms with Gasteiger partial charge in [0.1, 0.15) is 12.9 Å². The first-order chi connectivity index (χ1) is 10.3. The van der Waals surface area contributed by atoms with Crippen molar-refractivity contribution in [2.45, 2.75) is 6.54 Å². The van der Waals surface area contributed by atoms with Crippen LogP contribution in [0.2, 0.25) is 5.02 Å². The van der Waals surface area contributed by atoms with E-state index in [1.807, 2.05) is 53.1 Å². The minimum Gasteiger partial charge on any atom is -0.283 e. The van der Waals surface area contributed by atoms with Crippen molar-refractivity contribution in [1.82, 2.24) is 14.8 Å². The Morgan fingerprint density at radius 2 is 1.86 bits per heavy atom. The van der Waals surface area contributed by atoms with Crippen LogP contribution in [0.5, 0.6) is 0 Å². The Hall–Kier alpha value is -2.46. The van der Waals surface area contributed by atoms with Crippen molar-refractivity contribution in [3.8, 4) is 5.69 Å². The van der Waals surface area contributed by atoms with Gasteiger partial charge in [-0.15, -0.1) is 10.2 Å². The fourth-order valence-electron chi connectivity index (χ4n) is 2.58. The quantitative estimate of drug-likeness (QED) is 0.691. The summed E-state index contributed by atoms with van der Waals surface area (Å²) in [5.74, 6) is 0.810. The van der Waals surface area contributed by atoms with E-state index in [2.05, 4.69) is 10.2 Å². The highest BCUT2D eigenvalue weighted by Gasteiger charge is 2.21. The molecule has 21 heavy (non-hydrogen) atoms. The van der Waals surface area contributed by atoms with Gasteiger partial charge >= 0.3 is 0 Å². The van der Waals surface area contributed by atoms with Gasteiger partial charge < -0.3 is 0 Å². The summed E-state index contributed by atoms with van der Waals surface area (Å²) in [6.07, 6.45) is 1.70. The molecule has 3 aromatic rings. The zero-order valence-corrected chi connectivity index (χ0v) is 11.8. The summed E-state index contributed by atoms with van der Waals surface area (Å²) < 4.78 is 1.95. The van der Waals surface area contributed by atoms with Gasteiger partial charge in [-0.2, -0.15) is 0 Å². The second-order valence-electron chi connectivity index (χ2n) is 4.78. The third-order valence-electron chi connectivity index (χ3n) is 3.53. The van der Waals surface area contributed by atoms with Crippen LogP contribution in [0.3, 0.4) is 0 Å². The Balaban J connectivity index is 2.02. The topological polar surface area (TPSA) is 43.1 Å². The zero-order valence-electron chi connectivity index (χ0n) is 11.1. The van der Waals surface area contributed by atoms with Crippen LogP contribution in [-0.2, 0) is 6.54 Å². The third-order valence-corrected chi connectivity index (χ3v) is 3.85. The smallest absolute Gasteiger partial charge is 0.159 e. The maximum atomic E-state index is 6.46. The molecule has 4 nitrogen and oxygen atoms in total. The van der Waals surface area contributed by atoms with Gasteiger partial charge in [-0.05, 0) is 12.1 Å². The largest absolute Gasteiger partial charge is 0.283 e. The summed E-state index contributed by atoms with van der Waals surface area (Å²) in [7, 11) is 0. The summed E-state index contributed by atoms with van der Waals surface area (Å²) in [4.78, 5) is 4.72. The van der Waals surface area contributed by atoms with E-state index in [1.165, 1.54) is 0 Å². The molecule has 0 fully saturated rings. The molecule has 1 aliphatic rings. The number of aromatic nitrogens is 3. The van der Waals surface area contributed by atoms with Gasteiger partial charge in [-0.25, -0.2) is 0 Å². The molecule has 0 aliphatic carbocycles. The Morgan fingerprint density at radius 1 is 1.00 bits per heavy atom. The van der Waals surface area contributed by atoms with Crippen molar-refractivity contribution in [3.63, 3.8) is 0 Å². The SMILES string of the molecule is Clc1cccc2c1C(c1ccccc1)=NCc1nncn1-2. The number of aliphatic imine (C=N–C) groups is 1. The first-order valence-electron chi connectivity index (χ1n) is 6.62. The number of benzene rings is 2. The van der Waals surface area contributed by atoms with Crippen LogP contribution < -0.4 is 0 Å². The number of halogens is 1. The van der Waals surface area contributed by atoms with Crippen molar-refractivity contribution < 1.29 is 0 Å². The maximum Gasteiger partial charge on any atom is 0.159 e. The molecule has 102 valence electrons. The Bertz CT molecular complexity index is 836. The van der Waals surface area contributed by atoms with Gasteiger partial charge in [0, 0.05) is 11.1 Å². The van der Waals surface area contributed by atoms with Crippen LogP contribution in [-0.4, -0.2) is 20.5 Å². The number of fused-ring (bicyclic) bond motifs is 3. The standard InChI is InChI=1S/C16H11ClN4/c17-12-7-4-8-13-15(12)16(11-5-2-1-3-6-11)18-9-14-20-19-10-21(13)14/h1-8,10H,9H2. The number of nitrogens with zero attached hydrogens (tertiary/aromatic N) is 4. The average molecular weight is 295 g/mol. The van der Waals surface area contributed by atoms with E-state index in [1.54, 1.807) is 6.33 Å². The fourth-order valence-corrected chi connectivity index (χ4v) is 2.84. The van der Waals surface area contributed by atoms with Crippen LogP contribution in [0.1, 0.15) is 17.0 Å². The van der Waals surface area contributed by atoms with E-state index in [0.717, 1.165) is 28.4 Å². The van der Waals surface area contributed by atoms with E-state index >= 15 is 0 Å². The summed E-state index contributed by atoms with van der Waals surface area (Å²) in [6.45, 7) is 0.481. The van der Waals surface area contributed by atoms with Gasteiger partial charge in [0.05, 0.1) is 16.4 Å². The molecule has 5 heteroatoms. The summed E-state index contributed by atoms with van der Waals surface area (Å²) in [5.41, 5.74) is 3.82. The van der Waals surface area contributed by atoms with Crippen molar-refractivity contribution in [2.24, 2.45) is 4.99 Å². The van der Waals surface area contributed by atoms with Crippen LogP contribution in [0.25, 0.3) is 5.69 Å². The lowest BCUT2D eigenvalue weighted by Crippen LogP contribution is -2.07. The van der Waals surface area contributed by atoms with E-state index in [-0.39, 0.29) is 0 Å². The minimum absolute atomic E-state index is 0.481. The predicted molar refractivity (Wildman–Crippen MR) is 82.2 cm³/mol. The van der Waals surface area contributed by atoms with Gasteiger partial charge in [-0.3, -0.25) is 9.56 Å².